The SMILES string of the molecule is C=CCCOc1cccc2c(C(C)(C)C)cccc12. The summed E-state index contributed by atoms with van der Waals surface area (Å²) in [6, 6.07) is 12.7. The van der Waals surface area contributed by atoms with E-state index in [1.54, 1.807) is 0 Å². The Kier molecular flexibility index (Phi) is 3.94. The van der Waals surface area contributed by atoms with E-state index in [2.05, 4.69) is 57.7 Å². The molecule has 0 atom stereocenters. The van der Waals surface area contributed by atoms with Crippen LogP contribution < -0.4 is 4.74 Å². The fourth-order valence-electron chi connectivity index (χ4n) is 2.31. The Hall–Kier alpha value is -1.76. The van der Waals surface area contributed by atoms with Gasteiger partial charge < -0.3 is 4.74 Å². The lowest BCUT2D eigenvalue weighted by molar-refractivity contribution is 0.329. The molecule has 19 heavy (non-hydrogen) atoms. The number of fused-ring (bicyclic) bond motifs is 1. The van der Waals surface area contributed by atoms with E-state index in [4.69, 9.17) is 4.74 Å². The molecule has 0 aliphatic rings. The molecule has 1 nitrogen and oxygen atoms in total. The van der Waals surface area contributed by atoms with Crippen molar-refractivity contribution in [2.24, 2.45) is 0 Å². The molecule has 0 fully saturated rings. The van der Waals surface area contributed by atoms with E-state index in [9.17, 15) is 0 Å². The molecule has 2 rings (SSSR count). The van der Waals surface area contributed by atoms with E-state index in [1.807, 2.05) is 12.1 Å². The lowest BCUT2D eigenvalue weighted by Gasteiger charge is -2.22. The highest BCUT2D eigenvalue weighted by molar-refractivity contribution is 5.91. The predicted octanol–water partition coefficient (Wildman–Crippen LogP) is 5.09. The average molecular weight is 254 g/mol. The van der Waals surface area contributed by atoms with Gasteiger partial charge in [0.25, 0.3) is 0 Å². The summed E-state index contributed by atoms with van der Waals surface area (Å²) in [7, 11) is 0. The van der Waals surface area contributed by atoms with Gasteiger partial charge in [-0.25, -0.2) is 0 Å². The summed E-state index contributed by atoms with van der Waals surface area (Å²) in [6.07, 6.45) is 2.75. The van der Waals surface area contributed by atoms with Crippen LogP contribution in [0.2, 0.25) is 0 Å². The normalized spacial score (nSPS) is 11.5. The Morgan fingerprint density at radius 1 is 1.05 bits per heavy atom. The summed E-state index contributed by atoms with van der Waals surface area (Å²) in [5.41, 5.74) is 1.50. The van der Waals surface area contributed by atoms with Crippen LogP contribution in [0.1, 0.15) is 32.8 Å². The van der Waals surface area contributed by atoms with E-state index in [-0.39, 0.29) is 5.41 Å². The second kappa shape index (κ2) is 5.48. The van der Waals surface area contributed by atoms with Crippen molar-refractivity contribution in [3.63, 3.8) is 0 Å². The first kappa shape index (κ1) is 13.7. The molecule has 0 heterocycles. The molecule has 0 unspecified atom stereocenters. The zero-order valence-corrected chi connectivity index (χ0v) is 12.1. The summed E-state index contributed by atoms with van der Waals surface area (Å²) in [5, 5.41) is 2.48. The van der Waals surface area contributed by atoms with Crippen molar-refractivity contribution in [3.05, 3.63) is 54.6 Å². The van der Waals surface area contributed by atoms with Crippen molar-refractivity contribution in [1.82, 2.24) is 0 Å². The standard InChI is InChI=1S/C18H22O/c1-5-6-13-19-17-12-8-9-14-15(17)10-7-11-16(14)18(2,3)4/h5,7-12H,1,6,13H2,2-4H3. The first-order chi connectivity index (χ1) is 9.04. The zero-order valence-electron chi connectivity index (χ0n) is 12.1. The summed E-state index contributed by atoms with van der Waals surface area (Å²) in [4.78, 5) is 0. The van der Waals surface area contributed by atoms with Gasteiger partial charge in [-0.15, -0.1) is 6.58 Å². The van der Waals surface area contributed by atoms with Gasteiger partial charge in [0.05, 0.1) is 6.61 Å². The van der Waals surface area contributed by atoms with Gasteiger partial charge in [-0.1, -0.05) is 57.2 Å². The lowest BCUT2D eigenvalue weighted by Crippen LogP contribution is -2.11. The van der Waals surface area contributed by atoms with E-state index in [1.165, 1.54) is 16.3 Å². The Bertz CT molecular complexity index is 576. The summed E-state index contributed by atoms with van der Waals surface area (Å²) >= 11 is 0. The van der Waals surface area contributed by atoms with Crippen molar-refractivity contribution in [2.45, 2.75) is 32.6 Å². The maximum absolute atomic E-state index is 5.86. The smallest absolute Gasteiger partial charge is 0.127 e. The third-order valence-electron chi connectivity index (χ3n) is 3.27. The molecule has 0 N–H and O–H groups in total. The van der Waals surface area contributed by atoms with Gasteiger partial charge in [0.2, 0.25) is 0 Å². The van der Waals surface area contributed by atoms with Crippen LogP contribution in [0.15, 0.2) is 49.1 Å². The summed E-state index contributed by atoms with van der Waals surface area (Å²) < 4.78 is 5.86. The van der Waals surface area contributed by atoms with Gasteiger partial charge >= 0.3 is 0 Å². The first-order valence-corrected chi connectivity index (χ1v) is 6.80. The van der Waals surface area contributed by atoms with Gasteiger partial charge in [-0.3, -0.25) is 0 Å². The van der Waals surface area contributed by atoms with E-state index in [0.717, 1.165) is 12.2 Å². The van der Waals surface area contributed by atoms with Gasteiger partial charge in [-0.2, -0.15) is 0 Å². The third-order valence-corrected chi connectivity index (χ3v) is 3.27. The quantitative estimate of drug-likeness (QED) is 0.545. The van der Waals surface area contributed by atoms with E-state index < -0.39 is 0 Å². The molecule has 0 saturated carbocycles. The second-order valence-corrected chi connectivity index (χ2v) is 5.83. The largest absolute Gasteiger partial charge is 0.493 e. The molecule has 0 bridgehead atoms. The minimum Gasteiger partial charge on any atom is -0.493 e. The van der Waals surface area contributed by atoms with Crippen LogP contribution in [0, 0.1) is 0 Å². The Morgan fingerprint density at radius 3 is 2.42 bits per heavy atom. The van der Waals surface area contributed by atoms with Crippen molar-refractivity contribution < 1.29 is 4.74 Å². The highest BCUT2D eigenvalue weighted by Gasteiger charge is 2.17. The maximum Gasteiger partial charge on any atom is 0.127 e. The van der Waals surface area contributed by atoms with Crippen LogP contribution in [0.3, 0.4) is 0 Å². The molecule has 2 aromatic carbocycles. The van der Waals surface area contributed by atoms with Crippen LogP contribution in [0.25, 0.3) is 10.8 Å². The van der Waals surface area contributed by atoms with Crippen LogP contribution in [0.4, 0.5) is 0 Å². The summed E-state index contributed by atoms with van der Waals surface area (Å²) in [5.74, 6) is 0.963. The van der Waals surface area contributed by atoms with Crippen molar-refractivity contribution in [1.29, 1.82) is 0 Å². The molecule has 0 aliphatic heterocycles. The molecule has 1 heteroatoms. The van der Waals surface area contributed by atoms with Gasteiger partial charge in [0.15, 0.2) is 0 Å². The van der Waals surface area contributed by atoms with E-state index >= 15 is 0 Å². The van der Waals surface area contributed by atoms with Crippen LogP contribution in [-0.2, 0) is 5.41 Å². The molecular formula is C18H22O. The Balaban J connectivity index is 2.48. The number of ether oxygens (including phenoxy) is 1. The molecule has 0 aliphatic carbocycles. The molecular weight excluding hydrogens is 232 g/mol. The molecule has 0 spiro atoms. The van der Waals surface area contributed by atoms with Crippen LogP contribution >= 0.6 is 0 Å². The number of rotatable bonds is 4. The molecule has 0 aromatic heterocycles. The van der Waals surface area contributed by atoms with Crippen molar-refractivity contribution in [2.75, 3.05) is 6.61 Å². The fourth-order valence-corrected chi connectivity index (χ4v) is 2.31. The highest BCUT2D eigenvalue weighted by Crippen LogP contribution is 2.34. The Morgan fingerprint density at radius 2 is 1.74 bits per heavy atom. The molecule has 0 saturated heterocycles. The van der Waals surface area contributed by atoms with Gasteiger partial charge in [0, 0.05) is 5.39 Å². The number of benzene rings is 2. The van der Waals surface area contributed by atoms with Gasteiger partial charge in [-0.05, 0) is 28.9 Å². The molecule has 0 amide bonds. The average Bonchev–Trinajstić information content (AvgIpc) is 2.37. The number of hydrogen-bond acceptors (Lipinski definition) is 1. The molecule has 2 aromatic rings. The lowest BCUT2D eigenvalue weighted by atomic mass is 9.83. The highest BCUT2D eigenvalue weighted by atomic mass is 16.5. The molecule has 0 radical (unpaired) electrons. The maximum atomic E-state index is 5.86. The van der Waals surface area contributed by atoms with Crippen LogP contribution in [0.5, 0.6) is 5.75 Å². The first-order valence-electron chi connectivity index (χ1n) is 6.80. The van der Waals surface area contributed by atoms with Gasteiger partial charge in [0.1, 0.15) is 5.75 Å². The third kappa shape index (κ3) is 2.98. The topological polar surface area (TPSA) is 9.23 Å². The Labute approximate surface area is 115 Å². The number of hydrogen-bond donors (Lipinski definition) is 0. The predicted molar refractivity (Wildman–Crippen MR) is 83.0 cm³/mol. The minimum absolute atomic E-state index is 0.138. The summed E-state index contributed by atoms with van der Waals surface area (Å²) in [6.45, 7) is 11.1. The monoisotopic (exact) mass is 254 g/mol. The zero-order chi connectivity index (χ0) is 13.9. The van der Waals surface area contributed by atoms with Crippen molar-refractivity contribution in [3.8, 4) is 5.75 Å². The van der Waals surface area contributed by atoms with Crippen LogP contribution in [-0.4, -0.2) is 6.61 Å². The minimum atomic E-state index is 0.138. The second-order valence-electron chi connectivity index (χ2n) is 5.83. The van der Waals surface area contributed by atoms with E-state index in [0.29, 0.717) is 6.61 Å². The fraction of sp³-hybridized carbons (Fsp3) is 0.333. The molecule has 100 valence electrons. The van der Waals surface area contributed by atoms with Crippen molar-refractivity contribution >= 4 is 10.8 Å².